The lowest BCUT2D eigenvalue weighted by molar-refractivity contribution is 0.0368. The van der Waals surface area contributed by atoms with Gasteiger partial charge in [-0.1, -0.05) is 25.7 Å². The second-order valence-electron chi connectivity index (χ2n) is 8.89. The smallest absolute Gasteiger partial charge is 0.191 e. The Labute approximate surface area is 161 Å². The normalized spacial score (nSPS) is 26.6. The second-order valence-corrected chi connectivity index (χ2v) is 8.89. The Bertz CT molecular complexity index is 430. The lowest BCUT2D eigenvalue weighted by Crippen LogP contribution is -2.59. The van der Waals surface area contributed by atoms with E-state index in [2.05, 4.69) is 32.5 Å². The van der Waals surface area contributed by atoms with Crippen LogP contribution in [0.1, 0.15) is 64.2 Å². The zero-order chi connectivity index (χ0) is 18.2. The van der Waals surface area contributed by atoms with Gasteiger partial charge in [-0.2, -0.15) is 0 Å². The molecule has 0 atom stereocenters. The molecule has 5 nitrogen and oxygen atoms in total. The van der Waals surface area contributed by atoms with E-state index in [0.717, 1.165) is 25.0 Å². The highest BCUT2D eigenvalue weighted by Gasteiger charge is 2.38. The molecule has 0 amide bonds. The molecule has 1 saturated carbocycles. The van der Waals surface area contributed by atoms with Crippen LogP contribution in [-0.4, -0.2) is 74.7 Å². The highest BCUT2D eigenvalue weighted by molar-refractivity contribution is 5.79. The van der Waals surface area contributed by atoms with Crippen molar-refractivity contribution in [2.24, 2.45) is 10.9 Å². The summed E-state index contributed by atoms with van der Waals surface area (Å²) in [5.41, 5.74) is 0.365. The van der Waals surface area contributed by atoms with Gasteiger partial charge in [-0.25, -0.2) is 0 Å². The molecule has 2 heterocycles. The number of nitrogens with one attached hydrogen (secondary N) is 2. The predicted octanol–water partition coefficient (Wildman–Crippen LogP) is 2.68. The van der Waals surface area contributed by atoms with Gasteiger partial charge in [-0.05, 0) is 77.7 Å². The van der Waals surface area contributed by atoms with E-state index >= 15 is 0 Å². The third kappa shape index (κ3) is 5.35. The number of hydrogen-bond donors (Lipinski definition) is 2. The van der Waals surface area contributed by atoms with E-state index in [1.54, 1.807) is 0 Å². The van der Waals surface area contributed by atoms with Crippen molar-refractivity contribution in [1.29, 1.82) is 0 Å². The van der Waals surface area contributed by atoms with Crippen LogP contribution in [0, 0.1) is 5.92 Å². The number of likely N-dealkylation sites (tertiary alicyclic amines) is 2. The van der Waals surface area contributed by atoms with Crippen molar-refractivity contribution in [2.75, 3.05) is 53.4 Å². The van der Waals surface area contributed by atoms with Crippen molar-refractivity contribution in [2.45, 2.75) is 69.7 Å². The highest BCUT2D eigenvalue weighted by atomic mass is 15.3. The van der Waals surface area contributed by atoms with Crippen molar-refractivity contribution in [3.8, 4) is 0 Å². The third-order valence-corrected chi connectivity index (χ3v) is 7.02. The Morgan fingerprint density at radius 3 is 2.23 bits per heavy atom. The minimum Gasteiger partial charge on any atom is -0.356 e. The molecule has 0 aromatic carbocycles. The number of hydrogen-bond acceptors (Lipinski definition) is 3. The first-order valence-electron chi connectivity index (χ1n) is 11.1. The number of nitrogens with zero attached hydrogens (tertiary/aromatic N) is 3. The monoisotopic (exact) mass is 363 g/mol. The fourth-order valence-corrected chi connectivity index (χ4v) is 5.16. The summed E-state index contributed by atoms with van der Waals surface area (Å²) in [7, 11) is 4.15. The number of rotatable bonds is 5. The largest absolute Gasteiger partial charge is 0.356 e. The first kappa shape index (κ1) is 19.9. The molecule has 3 aliphatic rings. The average Bonchev–Trinajstić information content (AvgIpc) is 2.71. The molecule has 3 fully saturated rings. The lowest BCUT2D eigenvalue weighted by Gasteiger charge is -2.48. The van der Waals surface area contributed by atoms with E-state index in [1.165, 1.54) is 90.4 Å². The van der Waals surface area contributed by atoms with Crippen molar-refractivity contribution < 1.29 is 0 Å². The fraction of sp³-hybridized carbons (Fsp3) is 0.952. The van der Waals surface area contributed by atoms with E-state index in [9.17, 15) is 0 Å². The summed E-state index contributed by atoms with van der Waals surface area (Å²) in [6.07, 6.45) is 13.7. The zero-order valence-electron chi connectivity index (χ0n) is 17.2. The van der Waals surface area contributed by atoms with Gasteiger partial charge in [0.15, 0.2) is 5.96 Å². The minimum absolute atomic E-state index is 0.365. The molecule has 2 saturated heterocycles. The van der Waals surface area contributed by atoms with Crippen LogP contribution < -0.4 is 10.6 Å². The van der Waals surface area contributed by atoms with Crippen molar-refractivity contribution in [1.82, 2.24) is 20.4 Å². The van der Waals surface area contributed by atoms with E-state index in [4.69, 9.17) is 0 Å². The molecule has 2 N–H and O–H groups in total. The van der Waals surface area contributed by atoms with Crippen LogP contribution in [0.5, 0.6) is 0 Å². The molecule has 0 aromatic rings. The molecule has 150 valence electrons. The van der Waals surface area contributed by atoms with Crippen LogP contribution >= 0.6 is 0 Å². The molecule has 3 rings (SSSR count). The molecule has 0 spiro atoms. The van der Waals surface area contributed by atoms with E-state index in [0.29, 0.717) is 5.54 Å². The van der Waals surface area contributed by atoms with Gasteiger partial charge in [0.1, 0.15) is 0 Å². The Morgan fingerprint density at radius 1 is 0.923 bits per heavy atom. The standard InChI is InChI=1S/C21H41N5/c1-22-20(23-17-19-9-15-25(2)16-10-19)24-18-21(11-5-3-6-12-21)26-13-7-4-8-14-26/h19H,3-18H2,1-2H3,(H2,22,23,24). The molecule has 2 aliphatic heterocycles. The highest BCUT2D eigenvalue weighted by Crippen LogP contribution is 2.35. The molecular weight excluding hydrogens is 322 g/mol. The van der Waals surface area contributed by atoms with Crippen LogP contribution in [-0.2, 0) is 0 Å². The van der Waals surface area contributed by atoms with Crippen LogP contribution in [0.3, 0.4) is 0 Å². The topological polar surface area (TPSA) is 42.9 Å². The van der Waals surface area contributed by atoms with Gasteiger partial charge in [0.2, 0.25) is 0 Å². The molecule has 0 bridgehead atoms. The van der Waals surface area contributed by atoms with E-state index < -0.39 is 0 Å². The summed E-state index contributed by atoms with van der Waals surface area (Å²) in [4.78, 5) is 9.77. The summed E-state index contributed by atoms with van der Waals surface area (Å²) < 4.78 is 0. The Hall–Kier alpha value is -0.810. The number of aliphatic imine (C=N–C) groups is 1. The summed E-state index contributed by atoms with van der Waals surface area (Å²) in [6.45, 7) is 7.17. The second kappa shape index (κ2) is 9.93. The first-order valence-corrected chi connectivity index (χ1v) is 11.1. The van der Waals surface area contributed by atoms with Crippen LogP contribution in [0.25, 0.3) is 0 Å². The Morgan fingerprint density at radius 2 is 1.58 bits per heavy atom. The quantitative estimate of drug-likeness (QED) is 0.582. The molecule has 0 radical (unpaired) electrons. The maximum atomic E-state index is 4.51. The SMILES string of the molecule is CN=C(NCC1CCN(C)CC1)NCC1(N2CCCCC2)CCCCC1. The Kier molecular flexibility index (Phi) is 7.62. The average molecular weight is 364 g/mol. The van der Waals surface area contributed by atoms with Crippen LogP contribution in [0.2, 0.25) is 0 Å². The zero-order valence-corrected chi connectivity index (χ0v) is 17.2. The first-order chi connectivity index (χ1) is 12.7. The summed E-state index contributed by atoms with van der Waals surface area (Å²) in [5.74, 6) is 1.79. The third-order valence-electron chi connectivity index (χ3n) is 7.02. The van der Waals surface area contributed by atoms with Gasteiger partial charge >= 0.3 is 0 Å². The van der Waals surface area contributed by atoms with Gasteiger partial charge in [-0.15, -0.1) is 0 Å². The van der Waals surface area contributed by atoms with Crippen molar-refractivity contribution in [3.05, 3.63) is 0 Å². The molecule has 26 heavy (non-hydrogen) atoms. The lowest BCUT2D eigenvalue weighted by atomic mass is 9.79. The summed E-state index contributed by atoms with van der Waals surface area (Å²) in [6, 6.07) is 0. The maximum absolute atomic E-state index is 4.51. The van der Waals surface area contributed by atoms with E-state index in [1.807, 2.05) is 7.05 Å². The van der Waals surface area contributed by atoms with Gasteiger partial charge in [-0.3, -0.25) is 9.89 Å². The molecule has 0 unspecified atom stereocenters. The molecular formula is C21H41N5. The minimum atomic E-state index is 0.365. The fourth-order valence-electron chi connectivity index (χ4n) is 5.16. The van der Waals surface area contributed by atoms with Gasteiger partial charge in [0.05, 0.1) is 0 Å². The summed E-state index contributed by atoms with van der Waals surface area (Å²) >= 11 is 0. The predicted molar refractivity (Wildman–Crippen MR) is 111 cm³/mol. The van der Waals surface area contributed by atoms with Gasteiger partial charge in [0, 0.05) is 25.7 Å². The van der Waals surface area contributed by atoms with Crippen LogP contribution in [0.15, 0.2) is 4.99 Å². The maximum Gasteiger partial charge on any atom is 0.191 e. The number of guanidine groups is 1. The Balaban J connectivity index is 1.50. The van der Waals surface area contributed by atoms with E-state index in [-0.39, 0.29) is 0 Å². The van der Waals surface area contributed by atoms with Gasteiger partial charge in [0.25, 0.3) is 0 Å². The van der Waals surface area contributed by atoms with Gasteiger partial charge < -0.3 is 15.5 Å². The number of piperidine rings is 2. The van der Waals surface area contributed by atoms with Crippen molar-refractivity contribution in [3.63, 3.8) is 0 Å². The molecule has 5 heteroatoms. The molecule has 1 aliphatic carbocycles. The summed E-state index contributed by atoms with van der Waals surface area (Å²) in [5, 5.41) is 7.33. The van der Waals surface area contributed by atoms with Crippen molar-refractivity contribution >= 4 is 5.96 Å². The molecule has 0 aromatic heterocycles. The van der Waals surface area contributed by atoms with Crippen LogP contribution in [0.4, 0.5) is 0 Å².